The Hall–Kier alpha value is -2.21. The van der Waals surface area contributed by atoms with Crippen molar-refractivity contribution in [2.75, 3.05) is 19.0 Å². The molecule has 112 valence electrons. The van der Waals surface area contributed by atoms with Gasteiger partial charge in [-0.3, -0.25) is 4.98 Å². The molecule has 0 unspecified atom stereocenters. The summed E-state index contributed by atoms with van der Waals surface area (Å²) in [5.74, 6) is 1.87. The van der Waals surface area contributed by atoms with E-state index >= 15 is 0 Å². The standard InChI is InChI=1S/C15H20N4O2/c1-3-7-21-15-8-13(18-14(19-15)11-20-2)17-10-12-5-4-6-16-9-12/h4-6,8-9H,3,7,10-11H2,1-2H3,(H,17,18,19). The summed E-state index contributed by atoms with van der Waals surface area (Å²) >= 11 is 0. The van der Waals surface area contributed by atoms with Gasteiger partial charge in [0.1, 0.15) is 12.4 Å². The first-order chi connectivity index (χ1) is 10.3. The molecule has 0 aliphatic rings. The van der Waals surface area contributed by atoms with Gasteiger partial charge in [0.25, 0.3) is 0 Å². The molecular weight excluding hydrogens is 268 g/mol. The summed E-state index contributed by atoms with van der Waals surface area (Å²) in [6.07, 6.45) is 4.50. The smallest absolute Gasteiger partial charge is 0.218 e. The number of nitrogens with zero attached hydrogens (tertiary/aromatic N) is 3. The van der Waals surface area contributed by atoms with Gasteiger partial charge in [0, 0.05) is 32.1 Å². The lowest BCUT2D eigenvalue weighted by molar-refractivity contribution is 0.176. The molecule has 0 aromatic carbocycles. The summed E-state index contributed by atoms with van der Waals surface area (Å²) in [6.45, 7) is 3.68. The van der Waals surface area contributed by atoms with Crippen LogP contribution in [-0.2, 0) is 17.9 Å². The van der Waals surface area contributed by atoms with Crippen molar-refractivity contribution in [3.05, 3.63) is 42.0 Å². The SMILES string of the molecule is CCCOc1cc(NCc2cccnc2)nc(COC)n1. The zero-order valence-electron chi connectivity index (χ0n) is 12.4. The second kappa shape index (κ2) is 8.16. The van der Waals surface area contributed by atoms with Gasteiger partial charge in [0.05, 0.1) is 6.61 Å². The molecule has 6 heteroatoms. The summed E-state index contributed by atoms with van der Waals surface area (Å²) in [5.41, 5.74) is 1.08. The number of hydrogen-bond donors (Lipinski definition) is 1. The summed E-state index contributed by atoms with van der Waals surface area (Å²) in [5, 5.41) is 3.25. The van der Waals surface area contributed by atoms with E-state index in [0.717, 1.165) is 12.0 Å². The van der Waals surface area contributed by atoms with Crippen LogP contribution in [0.2, 0.25) is 0 Å². The molecule has 0 radical (unpaired) electrons. The minimum absolute atomic E-state index is 0.352. The minimum Gasteiger partial charge on any atom is -0.478 e. The summed E-state index contributed by atoms with van der Waals surface area (Å²) in [7, 11) is 1.62. The van der Waals surface area contributed by atoms with Crippen LogP contribution in [0.15, 0.2) is 30.6 Å². The number of anilines is 1. The zero-order chi connectivity index (χ0) is 14.9. The van der Waals surface area contributed by atoms with Crippen LogP contribution in [0.5, 0.6) is 5.88 Å². The Morgan fingerprint density at radius 1 is 1.29 bits per heavy atom. The molecule has 2 heterocycles. The molecule has 6 nitrogen and oxygen atoms in total. The Kier molecular flexibility index (Phi) is 5.90. The van der Waals surface area contributed by atoms with E-state index < -0.39 is 0 Å². The molecule has 0 amide bonds. The second-order valence-corrected chi connectivity index (χ2v) is 4.50. The summed E-state index contributed by atoms with van der Waals surface area (Å²) in [4.78, 5) is 12.8. The van der Waals surface area contributed by atoms with Crippen LogP contribution in [0.3, 0.4) is 0 Å². The number of aromatic nitrogens is 3. The molecule has 2 aromatic rings. The fourth-order valence-electron chi connectivity index (χ4n) is 1.73. The molecule has 1 N–H and O–H groups in total. The van der Waals surface area contributed by atoms with Gasteiger partial charge in [-0.15, -0.1) is 0 Å². The molecule has 21 heavy (non-hydrogen) atoms. The fourth-order valence-corrected chi connectivity index (χ4v) is 1.73. The summed E-state index contributed by atoms with van der Waals surface area (Å²) < 4.78 is 10.7. The lowest BCUT2D eigenvalue weighted by Crippen LogP contribution is -2.07. The molecule has 0 atom stereocenters. The maximum Gasteiger partial charge on any atom is 0.218 e. The van der Waals surface area contributed by atoms with Crippen molar-refractivity contribution in [3.63, 3.8) is 0 Å². The van der Waals surface area contributed by atoms with E-state index in [-0.39, 0.29) is 0 Å². The number of ether oxygens (including phenoxy) is 2. The highest BCUT2D eigenvalue weighted by molar-refractivity contribution is 5.39. The predicted octanol–water partition coefficient (Wildman–Crippen LogP) is 2.42. The Labute approximate surface area is 124 Å². The molecule has 2 aromatic heterocycles. The third kappa shape index (κ3) is 5.00. The van der Waals surface area contributed by atoms with Crippen molar-refractivity contribution in [1.82, 2.24) is 15.0 Å². The van der Waals surface area contributed by atoms with Crippen LogP contribution in [0.1, 0.15) is 24.7 Å². The van der Waals surface area contributed by atoms with Crippen molar-refractivity contribution < 1.29 is 9.47 Å². The van der Waals surface area contributed by atoms with Crippen LogP contribution in [-0.4, -0.2) is 28.7 Å². The van der Waals surface area contributed by atoms with E-state index in [2.05, 4.69) is 27.2 Å². The molecular formula is C15H20N4O2. The molecule has 2 rings (SSSR count). The number of pyridine rings is 1. The van der Waals surface area contributed by atoms with Gasteiger partial charge < -0.3 is 14.8 Å². The van der Waals surface area contributed by atoms with Gasteiger partial charge in [0.2, 0.25) is 5.88 Å². The fraction of sp³-hybridized carbons (Fsp3) is 0.400. The van der Waals surface area contributed by atoms with Gasteiger partial charge >= 0.3 is 0 Å². The topological polar surface area (TPSA) is 69.2 Å². The van der Waals surface area contributed by atoms with Crippen molar-refractivity contribution in [2.24, 2.45) is 0 Å². The number of hydrogen-bond acceptors (Lipinski definition) is 6. The Morgan fingerprint density at radius 2 is 2.19 bits per heavy atom. The van der Waals surface area contributed by atoms with E-state index in [0.29, 0.717) is 37.3 Å². The first kappa shape index (κ1) is 15.2. The molecule has 0 saturated heterocycles. The second-order valence-electron chi connectivity index (χ2n) is 4.50. The molecule has 0 spiro atoms. The van der Waals surface area contributed by atoms with Gasteiger partial charge in [-0.1, -0.05) is 13.0 Å². The van der Waals surface area contributed by atoms with Gasteiger partial charge in [-0.05, 0) is 18.1 Å². The van der Waals surface area contributed by atoms with E-state index in [1.54, 1.807) is 19.4 Å². The Bertz CT molecular complexity index is 549. The molecule has 0 bridgehead atoms. The van der Waals surface area contributed by atoms with Gasteiger partial charge in [-0.2, -0.15) is 4.98 Å². The third-order valence-electron chi connectivity index (χ3n) is 2.67. The highest BCUT2D eigenvalue weighted by atomic mass is 16.5. The minimum atomic E-state index is 0.352. The van der Waals surface area contributed by atoms with E-state index in [1.807, 2.05) is 18.3 Å². The van der Waals surface area contributed by atoms with E-state index in [9.17, 15) is 0 Å². The Morgan fingerprint density at radius 3 is 2.90 bits per heavy atom. The maximum absolute atomic E-state index is 5.58. The highest BCUT2D eigenvalue weighted by Crippen LogP contribution is 2.15. The molecule has 0 aliphatic carbocycles. The molecule has 0 fully saturated rings. The quantitative estimate of drug-likeness (QED) is 0.804. The number of methoxy groups -OCH3 is 1. The normalized spacial score (nSPS) is 10.4. The number of nitrogens with one attached hydrogen (secondary N) is 1. The predicted molar refractivity (Wildman–Crippen MR) is 80.1 cm³/mol. The van der Waals surface area contributed by atoms with Crippen molar-refractivity contribution in [2.45, 2.75) is 26.5 Å². The summed E-state index contributed by atoms with van der Waals surface area (Å²) in [6, 6.07) is 5.71. The van der Waals surface area contributed by atoms with Gasteiger partial charge in [0.15, 0.2) is 5.82 Å². The van der Waals surface area contributed by atoms with Crippen molar-refractivity contribution >= 4 is 5.82 Å². The van der Waals surface area contributed by atoms with Crippen LogP contribution < -0.4 is 10.1 Å². The van der Waals surface area contributed by atoms with Crippen molar-refractivity contribution in [1.29, 1.82) is 0 Å². The van der Waals surface area contributed by atoms with Crippen LogP contribution in [0.4, 0.5) is 5.82 Å². The van der Waals surface area contributed by atoms with Gasteiger partial charge in [-0.25, -0.2) is 4.98 Å². The van der Waals surface area contributed by atoms with Crippen molar-refractivity contribution in [3.8, 4) is 5.88 Å². The average molecular weight is 288 g/mol. The molecule has 0 aliphatic heterocycles. The third-order valence-corrected chi connectivity index (χ3v) is 2.67. The monoisotopic (exact) mass is 288 g/mol. The van der Waals surface area contributed by atoms with E-state index in [4.69, 9.17) is 9.47 Å². The van der Waals surface area contributed by atoms with Crippen LogP contribution >= 0.6 is 0 Å². The van der Waals surface area contributed by atoms with Crippen LogP contribution in [0, 0.1) is 0 Å². The lowest BCUT2D eigenvalue weighted by atomic mass is 10.3. The number of rotatable bonds is 8. The lowest BCUT2D eigenvalue weighted by Gasteiger charge is -2.10. The van der Waals surface area contributed by atoms with E-state index in [1.165, 1.54) is 0 Å². The largest absolute Gasteiger partial charge is 0.478 e. The highest BCUT2D eigenvalue weighted by Gasteiger charge is 2.06. The Balaban J connectivity index is 2.07. The first-order valence-corrected chi connectivity index (χ1v) is 6.94. The maximum atomic E-state index is 5.58. The average Bonchev–Trinajstić information content (AvgIpc) is 2.52. The first-order valence-electron chi connectivity index (χ1n) is 6.94. The van der Waals surface area contributed by atoms with Crippen LogP contribution in [0.25, 0.3) is 0 Å². The molecule has 0 saturated carbocycles. The zero-order valence-corrected chi connectivity index (χ0v) is 12.4.